The number of halogens is 3. The van der Waals surface area contributed by atoms with Crippen LogP contribution >= 0.6 is 0 Å². The number of nitrogens with one attached hydrogen (secondary N) is 1. The lowest BCUT2D eigenvalue weighted by molar-refractivity contribution is -0.137. The lowest BCUT2D eigenvalue weighted by atomic mass is 10.1. The molecule has 0 bridgehead atoms. The van der Waals surface area contributed by atoms with Crippen molar-refractivity contribution in [3.8, 4) is 0 Å². The van der Waals surface area contributed by atoms with Crippen LogP contribution in [0.15, 0.2) is 88.7 Å². The number of aliphatic hydroxyl groups excluding tert-OH is 1. The number of rotatable bonds is 5. The van der Waals surface area contributed by atoms with Gasteiger partial charge in [0.2, 0.25) is 0 Å². The molecule has 3 aromatic carbocycles. The zero-order chi connectivity index (χ0) is 23.3. The zero-order valence-corrected chi connectivity index (χ0v) is 17.3. The fourth-order valence-corrected chi connectivity index (χ4v) is 2.97. The van der Waals surface area contributed by atoms with E-state index in [-0.39, 0.29) is 5.69 Å². The van der Waals surface area contributed by atoms with Crippen LogP contribution in [0.5, 0.6) is 0 Å². The van der Waals surface area contributed by atoms with Crippen molar-refractivity contribution in [3.05, 3.63) is 101 Å². The number of azo groups is 1. The Balaban J connectivity index is 2.02. The van der Waals surface area contributed by atoms with Gasteiger partial charge in [-0.25, -0.2) is 0 Å². The molecule has 0 saturated heterocycles. The number of alkyl halides is 3. The highest BCUT2D eigenvalue weighted by Gasteiger charge is 2.30. The molecule has 0 unspecified atom stereocenters. The molecule has 8 heteroatoms. The molecule has 0 radical (unpaired) electrons. The second-order valence-electron chi connectivity index (χ2n) is 7.03. The number of benzene rings is 3. The molecule has 5 nitrogen and oxygen atoms in total. The van der Waals surface area contributed by atoms with Gasteiger partial charge in [-0.15, -0.1) is 5.11 Å². The number of aryl methyl sites for hydroxylation is 2. The van der Waals surface area contributed by atoms with Crippen molar-refractivity contribution >= 4 is 23.0 Å². The Morgan fingerprint density at radius 1 is 0.906 bits per heavy atom. The SMILES string of the molecule is Cc1cccc(C)c1NC(=O)/C(N=Nc1cccc(C(F)(F)F)c1)=C(/O)c1ccccc1. The highest BCUT2D eigenvalue weighted by molar-refractivity contribution is 6.08. The number of hydrogen-bond acceptors (Lipinski definition) is 4. The van der Waals surface area contributed by atoms with Gasteiger partial charge in [0.05, 0.1) is 11.3 Å². The van der Waals surface area contributed by atoms with Gasteiger partial charge in [-0.3, -0.25) is 4.79 Å². The fourth-order valence-electron chi connectivity index (χ4n) is 2.97. The first-order valence-electron chi connectivity index (χ1n) is 9.62. The molecule has 164 valence electrons. The van der Waals surface area contributed by atoms with E-state index >= 15 is 0 Å². The third kappa shape index (κ3) is 5.40. The van der Waals surface area contributed by atoms with E-state index in [1.807, 2.05) is 32.0 Å². The van der Waals surface area contributed by atoms with Gasteiger partial charge < -0.3 is 10.4 Å². The second kappa shape index (κ2) is 9.47. The van der Waals surface area contributed by atoms with E-state index < -0.39 is 29.1 Å². The van der Waals surface area contributed by atoms with E-state index in [9.17, 15) is 23.1 Å². The molecule has 0 aliphatic rings. The number of para-hydroxylation sites is 1. The number of hydrogen-bond donors (Lipinski definition) is 2. The number of nitrogens with zero attached hydrogens (tertiary/aromatic N) is 2. The van der Waals surface area contributed by atoms with Crippen LogP contribution < -0.4 is 5.32 Å². The summed E-state index contributed by atoms with van der Waals surface area (Å²) in [5.74, 6) is -1.20. The van der Waals surface area contributed by atoms with Crippen LogP contribution in [0.1, 0.15) is 22.3 Å². The lowest BCUT2D eigenvalue weighted by Gasteiger charge is -2.12. The summed E-state index contributed by atoms with van der Waals surface area (Å²) in [5.41, 5.74) is 1.01. The van der Waals surface area contributed by atoms with E-state index in [1.165, 1.54) is 12.1 Å². The Bertz CT molecular complexity index is 1170. The Morgan fingerprint density at radius 2 is 1.53 bits per heavy atom. The summed E-state index contributed by atoms with van der Waals surface area (Å²) in [6.45, 7) is 3.63. The fraction of sp³-hybridized carbons (Fsp3) is 0.125. The normalized spacial score (nSPS) is 12.5. The Morgan fingerprint density at radius 3 is 2.16 bits per heavy atom. The summed E-state index contributed by atoms with van der Waals surface area (Å²) in [6.07, 6.45) is -4.55. The average molecular weight is 439 g/mol. The first-order valence-corrected chi connectivity index (χ1v) is 9.62. The monoisotopic (exact) mass is 439 g/mol. The quantitative estimate of drug-likeness (QED) is 0.256. The van der Waals surface area contributed by atoms with Crippen LogP contribution in [0.25, 0.3) is 5.76 Å². The summed E-state index contributed by atoms with van der Waals surface area (Å²) in [4.78, 5) is 13.0. The summed E-state index contributed by atoms with van der Waals surface area (Å²) >= 11 is 0. The summed E-state index contributed by atoms with van der Waals surface area (Å²) in [6, 6.07) is 17.9. The maximum absolute atomic E-state index is 13.0. The molecule has 0 saturated carbocycles. The van der Waals surface area contributed by atoms with Gasteiger partial charge in [0.1, 0.15) is 0 Å². The standard InChI is InChI=1S/C24H20F3N3O2/c1-15-8-6-9-16(2)20(15)28-23(32)21(22(31)17-10-4-3-5-11-17)30-29-19-13-7-12-18(14-19)24(25,26)27/h3-14,31H,1-2H3,(H,28,32)/b22-21-,30-29?. The Hall–Kier alpha value is -3.94. The molecule has 2 N–H and O–H groups in total. The smallest absolute Gasteiger partial charge is 0.416 e. The molecule has 0 aromatic heterocycles. The summed E-state index contributed by atoms with van der Waals surface area (Å²) in [7, 11) is 0. The van der Waals surface area contributed by atoms with Crippen molar-refractivity contribution in [2.75, 3.05) is 5.32 Å². The number of carbonyl (C=O) groups is 1. The van der Waals surface area contributed by atoms with E-state index in [1.54, 1.807) is 30.3 Å². The molecule has 0 spiro atoms. The lowest BCUT2D eigenvalue weighted by Crippen LogP contribution is -2.16. The minimum absolute atomic E-state index is 0.113. The average Bonchev–Trinajstić information content (AvgIpc) is 2.76. The second-order valence-corrected chi connectivity index (χ2v) is 7.03. The number of amides is 1. The van der Waals surface area contributed by atoms with Crippen LogP contribution in [0.4, 0.5) is 24.5 Å². The highest BCUT2D eigenvalue weighted by atomic mass is 19.4. The highest BCUT2D eigenvalue weighted by Crippen LogP contribution is 2.32. The minimum Gasteiger partial charge on any atom is -0.505 e. The van der Waals surface area contributed by atoms with Crippen molar-refractivity contribution in [1.29, 1.82) is 0 Å². The maximum Gasteiger partial charge on any atom is 0.416 e. The third-order valence-electron chi connectivity index (χ3n) is 4.65. The molecule has 1 amide bonds. The minimum atomic E-state index is -4.55. The summed E-state index contributed by atoms with van der Waals surface area (Å²) in [5, 5.41) is 21.0. The zero-order valence-electron chi connectivity index (χ0n) is 17.3. The number of anilines is 1. The Labute approximate surface area is 182 Å². The molecule has 0 aliphatic heterocycles. The van der Waals surface area contributed by atoms with Gasteiger partial charge in [0.15, 0.2) is 11.5 Å². The van der Waals surface area contributed by atoms with Crippen LogP contribution in [-0.4, -0.2) is 11.0 Å². The van der Waals surface area contributed by atoms with Crippen LogP contribution in [0.3, 0.4) is 0 Å². The molecule has 0 fully saturated rings. The number of carbonyl (C=O) groups excluding carboxylic acids is 1. The van der Waals surface area contributed by atoms with E-state index in [0.29, 0.717) is 11.3 Å². The largest absolute Gasteiger partial charge is 0.505 e. The molecular formula is C24H20F3N3O2. The van der Waals surface area contributed by atoms with Gasteiger partial charge >= 0.3 is 6.18 Å². The van der Waals surface area contributed by atoms with Gasteiger partial charge in [-0.1, -0.05) is 54.6 Å². The molecule has 0 atom stereocenters. The van der Waals surface area contributed by atoms with Crippen LogP contribution in [0, 0.1) is 13.8 Å². The van der Waals surface area contributed by atoms with Gasteiger partial charge in [-0.2, -0.15) is 18.3 Å². The van der Waals surface area contributed by atoms with Crippen molar-refractivity contribution < 1.29 is 23.1 Å². The Kier molecular flexibility index (Phi) is 6.73. The maximum atomic E-state index is 13.0. The number of aliphatic hydroxyl groups is 1. The van der Waals surface area contributed by atoms with E-state index in [4.69, 9.17) is 0 Å². The molecule has 32 heavy (non-hydrogen) atoms. The molecule has 3 rings (SSSR count). The third-order valence-corrected chi connectivity index (χ3v) is 4.65. The first kappa shape index (κ1) is 22.7. The molecular weight excluding hydrogens is 419 g/mol. The van der Waals surface area contributed by atoms with Gasteiger partial charge in [0, 0.05) is 11.3 Å². The summed E-state index contributed by atoms with van der Waals surface area (Å²) < 4.78 is 38.9. The van der Waals surface area contributed by atoms with Crippen molar-refractivity contribution in [3.63, 3.8) is 0 Å². The van der Waals surface area contributed by atoms with Gasteiger partial charge in [-0.05, 0) is 43.2 Å². The van der Waals surface area contributed by atoms with Gasteiger partial charge in [0.25, 0.3) is 5.91 Å². The van der Waals surface area contributed by atoms with Crippen LogP contribution in [-0.2, 0) is 11.0 Å². The van der Waals surface area contributed by atoms with Crippen molar-refractivity contribution in [2.24, 2.45) is 10.2 Å². The molecule has 0 heterocycles. The predicted octanol–water partition coefficient (Wildman–Crippen LogP) is 6.97. The van der Waals surface area contributed by atoms with E-state index in [0.717, 1.165) is 23.3 Å². The first-order chi connectivity index (χ1) is 15.2. The topological polar surface area (TPSA) is 74.0 Å². The van der Waals surface area contributed by atoms with Crippen molar-refractivity contribution in [2.45, 2.75) is 20.0 Å². The van der Waals surface area contributed by atoms with E-state index in [2.05, 4.69) is 15.5 Å². The van der Waals surface area contributed by atoms with Crippen molar-refractivity contribution in [1.82, 2.24) is 0 Å². The molecule has 0 aliphatic carbocycles. The predicted molar refractivity (Wildman–Crippen MR) is 116 cm³/mol. The molecule has 3 aromatic rings. The van der Waals surface area contributed by atoms with Crippen LogP contribution in [0.2, 0.25) is 0 Å².